The number of amides is 3. The van der Waals surface area contributed by atoms with Crippen LogP contribution in [0.3, 0.4) is 0 Å². The third-order valence-corrected chi connectivity index (χ3v) is 7.83. The number of nitrogens with one attached hydrogen (secondary N) is 1. The van der Waals surface area contributed by atoms with E-state index in [2.05, 4.69) is 16.8 Å². The number of likely N-dealkylation sites (tertiary alicyclic amines) is 1. The summed E-state index contributed by atoms with van der Waals surface area (Å²) in [5.41, 5.74) is 2.30. The first-order valence-corrected chi connectivity index (χ1v) is 12.9. The van der Waals surface area contributed by atoms with Crippen LogP contribution in [0, 0.1) is 0 Å². The third kappa shape index (κ3) is 5.82. The van der Waals surface area contributed by atoms with Gasteiger partial charge < -0.3 is 15.1 Å². The van der Waals surface area contributed by atoms with Crippen LogP contribution in [-0.4, -0.2) is 53.2 Å². The topological polar surface area (TPSA) is 69.7 Å². The molecule has 0 bridgehead atoms. The first kappa shape index (κ1) is 23.5. The van der Waals surface area contributed by atoms with Gasteiger partial charge in [-0.15, -0.1) is 11.3 Å². The molecule has 0 aliphatic carbocycles. The lowest BCUT2D eigenvalue weighted by molar-refractivity contribution is -0.135. The van der Waals surface area contributed by atoms with Crippen LogP contribution in [0.5, 0.6) is 0 Å². The minimum Gasteiger partial charge on any atom is -0.353 e. The fourth-order valence-electron chi connectivity index (χ4n) is 4.84. The molecule has 6 nitrogen and oxygen atoms in total. The van der Waals surface area contributed by atoms with Crippen molar-refractivity contribution in [1.29, 1.82) is 0 Å². The van der Waals surface area contributed by atoms with Gasteiger partial charge in [-0.2, -0.15) is 0 Å². The number of benzene rings is 1. The highest BCUT2D eigenvalue weighted by atomic mass is 32.1. The minimum atomic E-state index is -0.108. The Bertz CT molecular complexity index is 966. The van der Waals surface area contributed by atoms with Crippen LogP contribution in [-0.2, 0) is 27.3 Å². The van der Waals surface area contributed by atoms with Crippen LogP contribution in [0.1, 0.15) is 60.9 Å². The highest BCUT2D eigenvalue weighted by molar-refractivity contribution is 7.10. The standard InChI is InChI=1S/C26H33N3O3S/c1-2-22(19-6-4-3-5-7-19)26(32)28-14-10-21(11-15-28)27-24(30)8-9-25(31)29-16-12-23-20(18-29)13-17-33-23/h3-7,13,17,21-22H,2,8-12,14-16,18H2,1H3,(H,27,30). The average molecular weight is 468 g/mol. The second-order valence-electron chi connectivity index (χ2n) is 8.97. The van der Waals surface area contributed by atoms with Gasteiger partial charge >= 0.3 is 0 Å². The quantitative estimate of drug-likeness (QED) is 0.675. The van der Waals surface area contributed by atoms with Crippen LogP contribution < -0.4 is 5.32 Å². The zero-order chi connectivity index (χ0) is 23.2. The van der Waals surface area contributed by atoms with Crippen molar-refractivity contribution in [3.63, 3.8) is 0 Å². The maximum Gasteiger partial charge on any atom is 0.230 e. The molecular weight excluding hydrogens is 434 g/mol. The molecule has 1 aromatic carbocycles. The molecule has 0 spiro atoms. The lowest BCUT2D eigenvalue weighted by atomic mass is 9.93. The van der Waals surface area contributed by atoms with Gasteiger partial charge in [-0.1, -0.05) is 37.3 Å². The van der Waals surface area contributed by atoms with E-state index in [0.717, 1.165) is 37.8 Å². The number of carbonyl (C=O) groups excluding carboxylic acids is 3. The Balaban J connectivity index is 1.19. The molecule has 3 amide bonds. The monoisotopic (exact) mass is 467 g/mol. The first-order chi connectivity index (χ1) is 16.0. The third-order valence-electron chi connectivity index (χ3n) is 6.81. The Kier molecular flexibility index (Phi) is 7.81. The van der Waals surface area contributed by atoms with Crippen LogP contribution >= 0.6 is 11.3 Å². The summed E-state index contributed by atoms with van der Waals surface area (Å²) in [4.78, 5) is 43.2. The van der Waals surface area contributed by atoms with Gasteiger partial charge in [-0.25, -0.2) is 0 Å². The molecule has 1 atom stereocenters. The summed E-state index contributed by atoms with van der Waals surface area (Å²) in [5.74, 6) is 0.0451. The summed E-state index contributed by atoms with van der Waals surface area (Å²) in [7, 11) is 0. The van der Waals surface area contributed by atoms with E-state index in [1.54, 1.807) is 11.3 Å². The zero-order valence-corrected chi connectivity index (χ0v) is 20.1. The van der Waals surface area contributed by atoms with E-state index in [1.165, 1.54) is 10.4 Å². The summed E-state index contributed by atoms with van der Waals surface area (Å²) in [6.07, 6.45) is 3.66. The van der Waals surface area contributed by atoms with Crippen LogP contribution in [0.25, 0.3) is 0 Å². The van der Waals surface area contributed by atoms with E-state index in [0.29, 0.717) is 19.6 Å². The number of nitrogens with zero attached hydrogens (tertiary/aromatic N) is 2. The van der Waals surface area contributed by atoms with Gasteiger partial charge in [0.1, 0.15) is 0 Å². The van der Waals surface area contributed by atoms with Gasteiger partial charge in [-0.05, 0) is 48.3 Å². The smallest absolute Gasteiger partial charge is 0.230 e. The molecule has 1 N–H and O–H groups in total. The minimum absolute atomic E-state index is 0.0499. The molecule has 1 fully saturated rings. The molecule has 33 heavy (non-hydrogen) atoms. The van der Waals surface area contributed by atoms with Crippen molar-refractivity contribution in [2.45, 2.75) is 64.0 Å². The van der Waals surface area contributed by atoms with Crippen molar-refractivity contribution in [3.8, 4) is 0 Å². The second kappa shape index (κ2) is 11.0. The number of thiophene rings is 1. The molecule has 2 aliphatic rings. The van der Waals surface area contributed by atoms with E-state index >= 15 is 0 Å². The molecule has 2 aromatic rings. The largest absolute Gasteiger partial charge is 0.353 e. The Hall–Kier alpha value is -2.67. The average Bonchev–Trinajstić information content (AvgIpc) is 3.32. The zero-order valence-electron chi connectivity index (χ0n) is 19.3. The number of hydrogen-bond donors (Lipinski definition) is 1. The van der Waals surface area contributed by atoms with Gasteiger partial charge in [0.25, 0.3) is 0 Å². The number of rotatable bonds is 7. The van der Waals surface area contributed by atoms with E-state index in [1.807, 2.05) is 47.1 Å². The fourth-order valence-corrected chi connectivity index (χ4v) is 5.73. The molecule has 3 heterocycles. The second-order valence-corrected chi connectivity index (χ2v) is 9.97. The van der Waals surface area contributed by atoms with Crippen LogP contribution in [0.2, 0.25) is 0 Å². The van der Waals surface area contributed by atoms with Gasteiger partial charge in [-0.3, -0.25) is 14.4 Å². The highest BCUT2D eigenvalue weighted by Gasteiger charge is 2.29. The number of hydrogen-bond acceptors (Lipinski definition) is 4. The van der Waals surface area contributed by atoms with Gasteiger partial charge in [0.15, 0.2) is 0 Å². The summed E-state index contributed by atoms with van der Waals surface area (Å²) in [6.45, 7) is 4.76. The summed E-state index contributed by atoms with van der Waals surface area (Å²) in [5, 5.41) is 5.16. The summed E-state index contributed by atoms with van der Waals surface area (Å²) < 4.78 is 0. The molecule has 176 valence electrons. The fraction of sp³-hybridized carbons (Fsp3) is 0.500. The number of piperidine rings is 1. The Morgan fingerprint density at radius 3 is 2.52 bits per heavy atom. The predicted molar refractivity (Wildman–Crippen MR) is 130 cm³/mol. The van der Waals surface area contributed by atoms with Gasteiger partial charge in [0, 0.05) is 49.9 Å². The van der Waals surface area contributed by atoms with Crippen LogP contribution in [0.4, 0.5) is 0 Å². The van der Waals surface area contributed by atoms with Crippen molar-refractivity contribution in [2.24, 2.45) is 0 Å². The van der Waals surface area contributed by atoms with E-state index in [4.69, 9.17) is 0 Å². The Morgan fingerprint density at radius 1 is 1.03 bits per heavy atom. The summed E-state index contributed by atoms with van der Waals surface area (Å²) in [6, 6.07) is 12.1. The van der Waals surface area contributed by atoms with Crippen LogP contribution in [0.15, 0.2) is 41.8 Å². The lowest BCUT2D eigenvalue weighted by Gasteiger charge is -2.34. The molecule has 1 unspecified atom stereocenters. The van der Waals surface area contributed by atoms with Crippen molar-refractivity contribution < 1.29 is 14.4 Å². The highest BCUT2D eigenvalue weighted by Crippen LogP contribution is 2.25. The van der Waals surface area contributed by atoms with E-state index in [-0.39, 0.29) is 42.5 Å². The van der Waals surface area contributed by atoms with Crippen molar-refractivity contribution in [1.82, 2.24) is 15.1 Å². The maximum atomic E-state index is 13.0. The van der Waals surface area contributed by atoms with E-state index < -0.39 is 0 Å². The number of carbonyl (C=O) groups is 3. The SMILES string of the molecule is CCC(C(=O)N1CCC(NC(=O)CCC(=O)N2CCc3sccc3C2)CC1)c1ccccc1. The Labute approximate surface area is 200 Å². The predicted octanol–water partition coefficient (Wildman–Crippen LogP) is 3.71. The molecule has 7 heteroatoms. The number of fused-ring (bicyclic) bond motifs is 1. The molecule has 0 radical (unpaired) electrons. The Morgan fingerprint density at radius 2 is 1.79 bits per heavy atom. The molecule has 4 rings (SSSR count). The summed E-state index contributed by atoms with van der Waals surface area (Å²) >= 11 is 1.75. The van der Waals surface area contributed by atoms with Gasteiger partial charge in [0.05, 0.1) is 5.92 Å². The molecule has 0 saturated carbocycles. The lowest BCUT2D eigenvalue weighted by Crippen LogP contribution is -2.47. The first-order valence-electron chi connectivity index (χ1n) is 12.0. The molecule has 1 saturated heterocycles. The normalized spacial score (nSPS) is 17.4. The van der Waals surface area contributed by atoms with Gasteiger partial charge in [0.2, 0.25) is 17.7 Å². The maximum absolute atomic E-state index is 13.0. The van der Waals surface area contributed by atoms with Crippen molar-refractivity contribution >= 4 is 29.1 Å². The molecule has 2 aliphatic heterocycles. The van der Waals surface area contributed by atoms with E-state index in [9.17, 15) is 14.4 Å². The molecule has 1 aromatic heterocycles. The van der Waals surface area contributed by atoms with Crippen molar-refractivity contribution in [2.75, 3.05) is 19.6 Å². The molecular formula is C26H33N3O3S. The van der Waals surface area contributed by atoms with Crippen molar-refractivity contribution in [3.05, 3.63) is 57.8 Å².